The van der Waals surface area contributed by atoms with Crippen molar-refractivity contribution in [2.24, 2.45) is 11.5 Å². The minimum atomic E-state index is -0.535. The lowest BCUT2D eigenvalue weighted by atomic mass is 10.1. The van der Waals surface area contributed by atoms with Gasteiger partial charge in [0.05, 0.1) is 26.4 Å². The first-order valence-corrected chi connectivity index (χ1v) is 11.3. The first-order chi connectivity index (χ1) is 16.8. The number of hydrogen-bond donors (Lipinski definition) is 4. The van der Waals surface area contributed by atoms with E-state index < -0.39 is 11.9 Å². The summed E-state index contributed by atoms with van der Waals surface area (Å²) >= 11 is 0. The topological polar surface area (TPSA) is 171 Å². The molecule has 0 saturated carbocycles. The molecule has 0 aromatic heterocycles. The molecule has 0 aliphatic heterocycles. The zero-order valence-electron chi connectivity index (χ0n) is 20.8. The number of nitrogens with one attached hydrogen (secondary N) is 2. The zero-order valence-corrected chi connectivity index (χ0v) is 22.5. The maximum atomic E-state index is 12.2. The van der Waals surface area contributed by atoms with Crippen molar-refractivity contribution in [3.8, 4) is 11.5 Å². The molecule has 0 spiro atoms. The van der Waals surface area contributed by atoms with E-state index in [0.717, 1.165) is 6.42 Å². The molecule has 0 bridgehead atoms. The van der Waals surface area contributed by atoms with E-state index in [9.17, 15) is 9.59 Å². The summed E-state index contributed by atoms with van der Waals surface area (Å²) in [5.74, 6) is -0.628. The lowest BCUT2D eigenvalue weighted by Crippen LogP contribution is -2.14. The van der Waals surface area contributed by atoms with Gasteiger partial charge in [-0.1, -0.05) is 0 Å². The number of halogens is 2. The summed E-state index contributed by atoms with van der Waals surface area (Å²) in [6.45, 7) is 4.60. The van der Waals surface area contributed by atoms with Crippen LogP contribution in [0.3, 0.4) is 0 Å². The number of unbranched alkanes of at least 4 members (excludes halogenated alkanes) is 2. The van der Waals surface area contributed by atoms with Gasteiger partial charge in [-0.15, -0.1) is 24.8 Å². The maximum Gasteiger partial charge on any atom is 0.341 e. The normalized spacial score (nSPS) is 9.78. The molecule has 2 aromatic carbocycles. The number of nitrogen functional groups attached to an aromatic ring is 2. The standard InChI is InChI=1S/C25H32N4O6.2ClH/c1-3-32-24(30)18-14-16(22(26)27)8-10-20(18)34-12-6-5-7-13-35-21-11-9-17(23(28)29)15-19(21)25(31)33-4-2;;/h8-11,14-15H,3-7,12-13H2,1-2H3,(H3,26,27)(H3,28,29);2*1H. The molecule has 10 nitrogen and oxygen atoms in total. The smallest absolute Gasteiger partial charge is 0.341 e. The Morgan fingerprint density at radius 1 is 0.703 bits per heavy atom. The summed E-state index contributed by atoms with van der Waals surface area (Å²) in [5, 5.41) is 15.1. The molecule has 6 N–H and O–H groups in total. The number of ether oxygens (including phenoxy) is 4. The molecule has 0 aliphatic rings. The number of carbonyl (C=O) groups is 2. The highest BCUT2D eigenvalue weighted by molar-refractivity contribution is 6.00. The van der Waals surface area contributed by atoms with Gasteiger partial charge in [-0.25, -0.2) is 9.59 Å². The third-order valence-electron chi connectivity index (χ3n) is 4.88. The van der Waals surface area contributed by atoms with Crippen molar-refractivity contribution in [2.75, 3.05) is 26.4 Å². The van der Waals surface area contributed by atoms with Crippen LogP contribution in [0.1, 0.15) is 65.0 Å². The number of esters is 2. The Kier molecular flexibility index (Phi) is 15.4. The van der Waals surface area contributed by atoms with Gasteiger partial charge in [-0.05, 0) is 69.5 Å². The molecule has 0 saturated heterocycles. The molecular weight excluding hydrogens is 523 g/mol. The van der Waals surface area contributed by atoms with E-state index in [-0.39, 0.29) is 60.8 Å². The molecule has 0 aliphatic carbocycles. The van der Waals surface area contributed by atoms with Gasteiger partial charge in [0.2, 0.25) is 0 Å². The molecule has 2 aromatic rings. The Balaban J connectivity index is 0.00000648. The van der Waals surface area contributed by atoms with Crippen LogP contribution in [0.5, 0.6) is 11.5 Å². The molecule has 0 atom stereocenters. The number of benzene rings is 2. The van der Waals surface area contributed by atoms with Crippen LogP contribution in [0.15, 0.2) is 36.4 Å². The van der Waals surface area contributed by atoms with Crippen molar-refractivity contribution in [1.29, 1.82) is 10.8 Å². The zero-order chi connectivity index (χ0) is 25.8. The van der Waals surface area contributed by atoms with E-state index in [1.807, 2.05) is 0 Å². The molecule has 0 amide bonds. The molecule has 0 fully saturated rings. The summed E-state index contributed by atoms with van der Waals surface area (Å²) < 4.78 is 21.7. The van der Waals surface area contributed by atoms with Crippen LogP contribution in [0.4, 0.5) is 0 Å². The van der Waals surface area contributed by atoms with Gasteiger partial charge in [0.25, 0.3) is 0 Å². The van der Waals surface area contributed by atoms with E-state index in [4.69, 9.17) is 41.2 Å². The van der Waals surface area contributed by atoms with Crippen LogP contribution in [-0.4, -0.2) is 50.0 Å². The van der Waals surface area contributed by atoms with Crippen LogP contribution >= 0.6 is 24.8 Å². The molecule has 0 unspecified atom stereocenters. The molecule has 0 radical (unpaired) electrons. The summed E-state index contributed by atoms with van der Waals surface area (Å²) in [6.07, 6.45) is 2.18. The number of rotatable bonds is 14. The van der Waals surface area contributed by atoms with Gasteiger partial charge in [-0.3, -0.25) is 10.8 Å². The van der Waals surface area contributed by atoms with Gasteiger partial charge in [-0.2, -0.15) is 0 Å². The lowest BCUT2D eigenvalue weighted by Gasteiger charge is -2.13. The Morgan fingerprint density at radius 3 is 1.41 bits per heavy atom. The average molecular weight is 557 g/mol. The Hall–Kier alpha value is -3.50. The van der Waals surface area contributed by atoms with E-state index in [1.54, 1.807) is 38.1 Å². The van der Waals surface area contributed by atoms with Crippen LogP contribution < -0.4 is 20.9 Å². The molecule has 0 heterocycles. The van der Waals surface area contributed by atoms with Crippen molar-refractivity contribution in [2.45, 2.75) is 33.1 Å². The van der Waals surface area contributed by atoms with Gasteiger partial charge >= 0.3 is 11.9 Å². The average Bonchev–Trinajstić information content (AvgIpc) is 2.83. The second kappa shape index (κ2) is 17.0. The minimum Gasteiger partial charge on any atom is -0.493 e. The molecule has 204 valence electrons. The van der Waals surface area contributed by atoms with Crippen LogP contribution in [-0.2, 0) is 9.47 Å². The van der Waals surface area contributed by atoms with Gasteiger partial charge in [0, 0.05) is 11.1 Å². The summed E-state index contributed by atoms with van der Waals surface area (Å²) in [4.78, 5) is 24.5. The number of hydrogen-bond acceptors (Lipinski definition) is 8. The predicted octanol–water partition coefficient (Wildman–Crippen LogP) is 4.08. The monoisotopic (exact) mass is 556 g/mol. The third-order valence-corrected chi connectivity index (χ3v) is 4.88. The Morgan fingerprint density at radius 2 is 1.08 bits per heavy atom. The summed E-state index contributed by atoms with van der Waals surface area (Å²) in [6, 6.07) is 9.42. The molecular formula is C25H34Cl2N4O6. The third kappa shape index (κ3) is 10.2. The van der Waals surface area contributed by atoms with Gasteiger partial charge in [0.15, 0.2) is 0 Å². The highest BCUT2D eigenvalue weighted by atomic mass is 35.5. The maximum absolute atomic E-state index is 12.2. The Labute approximate surface area is 228 Å². The SMILES string of the molecule is CCOC(=O)c1cc(C(=N)N)ccc1OCCCCCOc1ccc(C(=N)N)cc1C(=O)OCC.Cl.Cl. The molecule has 37 heavy (non-hydrogen) atoms. The lowest BCUT2D eigenvalue weighted by molar-refractivity contribution is 0.0512. The van der Waals surface area contributed by atoms with E-state index >= 15 is 0 Å². The van der Waals surface area contributed by atoms with E-state index in [0.29, 0.717) is 48.7 Å². The van der Waals surface area contributed by atoms with Crippen LogP contribution in [0, 0.1) is 10.8 Å². The van der Waals surface area contributed by atoms with Crippen LogP contribution in [0.25, 0.3) is 0 Å². The van der Waals surface area contributed by atoms with Crippen molar-refractivity contribution in [3.05, 3.63) is 58.7 Å². The predicted molar refractivity (Wildman–Crippen MR) is 146 cm³/mol. The molecule has 12 heteroatoms. The van der Waals surface area contributed by atoms with Crippen molar-refractivity contribution in [3.63, 3.8) is 0 Å². The van der Waals surface area contributed by atoms with Crippen molar-refractivity contribution in [1.82, 2.24) is 0 Å². The fourth-order valence-electron chi connectivity index (χ4n) is 3.13. The van der Waals surface area contributed by atoms with Crippen molar-refractivity contribution < 1.29 is 28.5 Å². The van der Waals surface area contributed by atoms with Crippen LogP contribution in [0.2, 0.25) is 0 Å². The number of amidine groups is 2. The fourth-order valence-corrected chi connectivity index (χ4v) is 3.13. The summed E-state index contributed by atoms with van der Waals surface area (Å²) in [5.41, 5.74) is 12.3. The number of carbonyl (C=O) groups excluding carboxylic acids is 2. The number of nitrogens with two attached hydrogens (primary N) is 2. The second-order valence-corrected chi connectivity index (χ2v) is 7.45. The second-order valence-electron chi connectivity index (χ2n) is 7.45. The molecule has 2 rings (SSSR count). The minimum absolute atomic E-state index is 0. The largest absolute Gasteiger partial charge is 0.493 e. The first kappa shape index (κ1) is 33.5. The van der Waals surface area contributed by atoms with Crippen molar-refractivity contribution >= 4 is 48.4 Å². The van der Waals surface area contributed by atoms with Gasteiger partial charge in [0.1, 0.15) is 34.3 Å². The highest BCUT2D eigenvalue weighted by Crippen LogP contribution is 2.23. The van der Waals surface area contributed by atoms with Gasteiger partial charge < -0.3 is 30.4 Å². The van der Waals surface area contributed by atoms with E-state index in [2.05, 4.69) is 0 Å². The first-order valence-electron chi connectivity index (χ1n) is 11.3. The quantitative estimate of drug-likeness (QED) is 0.116. The Bertz CT molecular complexity index is 998. The summed E-state index contributed by atoms with van der Waals surface area (Å²) in [7, 11) is 0. The fraction of sp³-hybridized carbons (Fsp3) is 0.360. The highest BCUT2D eigenvalue weighted by Gasteiger charge is 2.17. The van der Waals surface area contributed by atoms with E-state index in [1.165, 1.54) is 12.1 Å².